The SMILES string of the molecule is CC(C)CNCc1nc(Cc2ccncc2)no1. The number of hydrogen-bond donors (Lipinski definition) is 1. The molecule has 0 fully saturated rings. The van der Waals surface area contributed by atoms with Gasteiger partial charge >= 0.3 is 0 Å². The van der Waals surface area contributed by atoms with Crippen molar-refractivity contribution >= 4 is 0 Å². The van der Waals surface area contributed by atoms with Gasteiger partial charge in [0.2, 0.25) is 5.89 Å². The van der Waals surface area contributed by atoms with E-state index in [9.17, 15) is 0 Å². The maximum Gasteiger partial charge on any atom is 0.240 e. The molecule has 0 atom stereocenters. The van der Waals surface area contributed by atoms with E-state index in [0.717, 1.165) is 12.1 Å². The molecule has 0 radical (unpaired) electrons. The van der Waals surface area contributed by atoms with Gasteiger partial charge in [-0.15, -0.1) is 0 Å². The monoisotopic (exact) mass is 246 g/mol. The average Bonchev–Trinajstić information content (AvgIpc) is 2.78. The standard InChI is InChI=1S/C13H18N4O/c1-10(2)8-15-9-13-16-12(17-18-13)7-11-3-5-14-6-4-11/h3-6,10,15H,7-9H2,1-2H3. The molecule has 0 unspecified atom stereocenters. The molecule has 18 heavy (non-hydrogen) atoms. The van der Waals surface area contributed by atoms with Gasteiger partial charge < -0.3 is 9.84 Å². The van der Waals surface area contributed by atoms with Crippen molar-refractivity contribution < 1.29 is 4.52 Å². The minimum atomic E-state index is 0.615. The third-order valence-electron chi connectivity index (χ3n) is 2.45. The van der Waals surface area contributed by atoms with E-state index < -0.39 is 0 Å². The van der Waals surface area contributed by atoms with Gasteiger partial charge in [0.05, 0.1) is 6.54 Å². The van der Waals surface area contributed by atoms with Crippen LogP contribution in [0.5, 0.6) is 0 Å². The van der Waals surface area contributed by atoms with Gasteiger partial charge in [-0.25, -0.2) is 0 Å². The second-order valence-corrected chi connectivity index (χ2v) is 4.66. The van der Waals surface area contributed by atoms with Gasteiger partial charge in [0.1, 0.15) is 0 Å². The number of rotatable bonds is 6. The van der Waals surface area contributed by atoms with Gasteiger partial charge in [-0.3, -0.25) is 4.98 Å². The van der Waals surface area contributed by atoms with Crippen molar-refractivity contribution in [1.29, 1.82) is 0 Å². The van der Waals surface area contributed by atoms with Crippen LogP contribution in [0, 0.1) is 5.92 Å². The highest BCUT2D eigenvalue weighted by Crippen LogP contribution is 2.05. The molecule has 1 N–H and O–H groups in total. The van der Waals surface area contributed by atoms with Crippen LogP contribution in [0.4, 0.5) is 0 Å². The summed E-state index contributed by atoms with van der Waals surface area (Å²) in [5.41, 5.74) is 1.13. The van der Waals surface area contributed by atoms with Crippen molar-refractivity contribution in [3.8, 4) is 0 Å². The van der Waals surface area contributed by atoms with E-state index in [-0.39, 0.29) is 0 Å². The van der Waals surface area contributed by atoms with Crippen LogP contribution >= 0.6 is 0 Å². The lowest BCUT2D eigenvalue weighted by atomic mass is 10.2. The van der Waals surface area contributed by atoms with Crippen LogP contribution < -0.4 is 5.32 Å². The lowest BCUT2D eigenvalue weighted by Crippen LogP contribution is -2.19. The fourth-order valence-electron chi connectivity index (χ4n) is 1.58. The second kappa shape index (κ2) is 6.26. The zero-order chi connectivity index (χ0) is 12.8. The molecule has 2 aromatic rings. The zero-order valence-electron chi connectivity index (χ0n) is 10.8. The molecule has 2 rings (SSSR count). The lowest BCUT2D eigenvalue weighted by Gasteiger charge is -2.03. The highest BCUT2D eigenvalue weighted by atomic mass is 16.5. The normalized spacial score (nSPS) is 11.1. The molecule has 5 heteroatoms. The average molecular weight is 246 g/mol. The van der Waals surface area contributed by atoms with E-state index in [1.165, 1.54) is 0 Å². The summed E-state index contributed by atoms with van der Waals surface area (Å²) < 4.78 is 5.18. The van der Waals surface area contributed by atoms with E-state index in [1.807, 2.05) is 12.1 Å². The second-order valence-electron chi connectivity index (χ2n) is 4.66. The number of hydrogen-bond acceptors (Lipinski definition) is 5. The molecule has 0 saturated carbocycles. The molecule has 0 saturated heterocycles. The Morgan fingerprint density at radius 3 is 2.78 bits per heavy atom. The molecule has 0 aromatic carbocycles. The first-order valence-corrected chi connectivity index (χ1v) is 6.15. The lowest BCUT2D eigenvalue weighted by molar-refractivity contribution is 0.360. The predicted molar refractivity (Wildman–Crippen MR) is 67.9 cm³/mol. The Kier molecular flexibility index (Phi) is 4.41. The van der Waals surface area contributed by atoms with E-state index in [4.69, 9.17) is 4.52 Å². The molecule has 0 spiro atoms. The van der Waals surface area contributed by atoms with Gasteiger partial charge in [0.25, 0.3) is 0 Å². The molecule has 0 aliphatic heterocycles. The van der Waals surface area contributed by atoms with E-state index in [1.54, 1.807) is 12.4 Å². The molecule has 2 heterocycles. The summed E-state index contributed by atoms with van der Waals surface area (Å²) in [7, 11) is 0. The number of nitrogens with one attached hydrogen (secondary N) is 1. The Morgan fingerprint density at radius 1 is 1.28 bits per heavy atom. The zero-order valence-corrected chi connectivity index (χ0v) is 10.8. The van der Waals surface area contributed by atoms with Crippen molar-refractivity contribution in [3.63, 3.8) is 0 Å². The summed E-state index contributed by atoms with van der Waals surface area (Å²) in [5, 5.41) is 7.23. The summed E-state index contributed by atoms with van der Waals surface area (Å²) in [6.07, 6.45) is 4.21. The molecule has 96 valence electrons. The van der Waals surface area contributed by atoms with Crippen molar-refractivity contribution in [2.45, 2.75) is 26.8 Å². The molecule has 0 bridgehead atoms. The maximum absolute atomic E-state index is 5.18. The van der Waals surface area contributed by atoms with Gasteiger partial charge in [-0.05, 0) is 30.2 Å². The Bertz CT molecular complexity index is 467. The number of nitrogens with zero attached hydrogens (tertiary/aromatic N) is 3. The molecule has 0 amide bonds. The van der Waals surface area contributed by atoms with E-state index >= 15 is 0 Å². The van der Waals surface area contributed by atoms with Crippen LogP contribution in [0.15, 0.2) is 29.0 Å². The fraction of sp³-hybridized carbons (Fsp3) is 0.462. The largest absolute Gasteiger partial charge is 0.338 e. The van der Waals surface area contributed by atoms with Gasteiger partial charge in [-0.2, -0.15) is 4.98 Å². The minimum absolute atomic E-state index is 0.615. The van der Waals surface area contributed by atoms with Crippen LogP contribution in [0.3, 0.4) is 0 Å². The number of pyridine rings is 1. The first-order chi connectivity index (χ1) is 8.74. The highest BCUT2D eigenvalue weighted by Gasteiger charge is 2.06. The Hall–Kier alpha value is -1.75. The molecule has 0 aliphatic carbocycles. The number of aromatic nitrogens is 3. The van der Waals surface area contributed by atoms with Crippen molar-refractivity contribution in [2.75, 3.05) is 6.54 Å². The summed E-state index contributed by atoms with van der Waals surface area (Å²) in [6.45, 7) is 5.90. The first kappa shape index (κ1) is 12.7. The highest BCUT2D eigenvalue weighted by molar-refractivity contribution is 5.14. The quantitative estimate of drug-likeness (QED) is 0.842. The Morgan fingerprint density at radius 2 is 2.06 bits per heavy atom. The Balaban J connectivity index is 1.86. The van der Waals surface area contributed by atoms with Crippen LogP contribution in [-0.4, -0.2) is 21.7 Å². The summed E-state index contributed by atoms with van der Waals surface area (Å²) >= 11 is 0. The topological polar surface area (TPSA) is 63.8 Å². The van der Waals surface area contributed by atoms with Gasteiger partial charge in [0, 0.05) is 18.8 Å². The summed E-state index contributed by atoms with van der Waals surface area (Å²) in [4.78, 5) is 8.32. The van der Waals surface area contributed by atoms with Crippen molar-refractivity contribution in [3.05, 3.63) is 41.8 Å². The molecular weight excluding hydrogens is 228 g/mol. The molecule has 0 aliphatic rings. The van der Waals surface area contributed by atoms with Crippen molar-refractivity contribution in [2.24, 2.45) is 5.92 Å². The van der Waals surface area contributed by atoms with Crippen LogP contribution in [0.25, 0.3) is 0 Å². The van der Waals surface area contributed by atoms with E-state index in [0.29, 0.717) is 30.6 Å². The van der Waals surface area contributed by atoms with Gasteiger partial charge in [0.15, 0.2) is 5.82 Å². The predicted octanol–water partition coefficient (Wildman–Crippen LogP) is 1.80. The summed E-state index contributed by atoms with van der Waals surface area (Å²) in [6, 6.07) is 3.90. The van der Waals surface area contributed by atoms with E-state index in [2.05, 4.69) is 34.3 Å². The van der Waals surface area contributed by atoms with Gasteiger partial charge in [-0.1, -0.05) is 19.0 Å². The van der Waals surface area contributed by atoms with Crippen LogP contribution in [0.1, 0.15) is 31.1 Å². The smallest absolute Gasteiger partial charge is 0.240 e. The molecule has 2 aromatic heterocycles. The van der Waals surface area contributed by atoms with Crippen LogP contribution in [-0.2, 0) is 13.0 Å². The molecule has 5 nitrogen and oxygen atoms in total. The Labute approximate surface area is 107 Å². The third-order valence-corrected chi connectivity index (χ3v) is 2.45. The van der Waals surface area contributed by atoms with Crippen LogP contribution in [0.2, 0.25) is 0 Å². The maximum atomic E-state index is 5.18. The van der Waals surface area contributed by atoms with Crippen molar-refractivity contribution in [1.82, 2.24) is 20.4 Å². The third kappa shape index (κ3) is 3.92. The summed E-state index contributed by atoms with van der Waals surface area (Å²) in [5.74, 6) is 1.96. The first-order valence-electron chi connectivity index (χ1n) is 6.15. The molecular formula is C13H18N4O. The fourth-order valence-corrected chi connectivity index (χ4v) is 1.58. The minimum Gasteiger partial charge on any atom is -0.338 e.